The van der Waals surface area contributed by atoms with Gasteiger partial charge in [-0.3, -0.25) is 10.1 Å². The van der Waals surface area contributed by atoms with Crippen LogP contribution in [-0.4, -0.2) is 41.1 Å². The smallest absolute Gasteiger partial charge is 0.311 e. The van der Waals surface area contributed by atoms with Crippen molar-refractivity contribution in [2.45, 2.75) is 19.6 Å². The van der Waals surface area contributed by atoms with Crippen LogP contribution in [0.25, 0.3) is 0 Å². The van der Waals surface area contributed by atoms with Gasteiger partial charge in [-0.1, -0.05) is 6.07 Å². The highest BCUT2D eigenvalue weighted by Crippen LogP contribution is 2.28. The predicted molar refractivity (Wildman–Crippen MR) is 67.0 cm³/mol. The molecule has 0 aromatic heterocycles. The van der Waals surface area contributed by atoms with E-state index in [2.05, 4.69) is 0 Å². The van der Waals surface area contributed by atoms with Gasteiger partial charge in [0.25, 0.3) is 0 Å². The molecule has 0 spiro atoms. The molecule has 0 bridgehead atoms. The molecule has 2 N–H and O–H groups in total. The molecule has 1 atom stereocenters. The Labute approximate surface area is 110 Å². The first kappa shape index (κ1) is 15.4. The van der Waals surface area contributed by atoms with Gasteiger partial charge in [0.05, 0.1) is 18.1 Å². The van der Waals surface area contributed by atoms with Crippen molar-refractivity contribution in [2.75, 3.05) is 19.8 Å². The van der Waals surface area contributed by atoms with E-state index in [0.717, 1.165) is 0 Å². The summed E-state index contributed by atoms with van der Waals surface area (Å²) in [5.74, 6) is 0.0535. The number of rotatable bonds is 8. The fourth-order valence-corrected chi connectivity index (χ4v) is 1.41. The minimum atomic E-state index is -0.850. The molecule has 1 aromatic rings. The largest absolute Gasteiger partial charge is 0.484 e. The van der Waals surface area contributed by atoms with Crippen LogP contribution in [0.1, 0.15) is 12.5 Å². The van der Waals surface area contributed by atoms with Gasteiger partial charge in [0, 0.05) is 12.7 Å². The van der Waals surface area contributed by atoms with Gasteiger partial charge in [-0.2, -0.15) is 0 Å². The van der Waals surface area contributed by atoms with Gasteiger partial charge in [0.15, 0.2) is 5.75 Å². The van der Waals surface area contributed by atoms with Crippen LogP contribution in [0, 0.1) is 10.1 Å². The summed E-state index contributed by atoms with van der Waals surface area (Å²) in [6, 6.07) is 4.17. The number of nitro benzene ring substituents is 1. The van der Waals surface area contributed by atoms with Gasteiger partial charge in [0.1, 0.15) is 12.7 Å². The zero-order chi connectivity index (χ0) is 14.3. The molecule has 7 heteroatoms. The molecule has 0 heterocycles. The molecule has 0 aliphatic carbocycles. The number of nitrogens with zero attached hydrogens (tertiary/aromatic N) is 1. The summed E-state index contributed by atoms with van der Waals surface area (Å²) in [5, 5.41) is 29.3. The van der Waals surface area contributed by atoms with Gasteiger partial charge < -0.3 is 19.7 Å². The van der Waals surface area contributed by atoms with E-state index in [0.29, 0.717) is 12.2 Å². The summed E-state index contributed by atoms with van der Waals surface area (Å²) in [5.41, 5.74) is 0.184. The van der Waals surface area contributed by atoms with Gasteiger partial charge in [-0.25, -0.2) is 0 Å². The summed E-state index contributed by atoms with van der Waals surface area (Å²) in [7, 11) is 0. The van der Waals surface area contributed by atoms with Crippen molar-refractivity contribution >= 4 is 5.69 Å². The van der Waals surface area contributed by atoms with Crippen molar-refractivity contribution in [2.24, 2.45) is 0 Å². The third-order valence-electron chi connectivity index (χ3n) is 2.35. The first-order valence-electron chi connectivity index (χ1n) is 5.85. The summed E-state index contributed by atoms with van der Waals surface area (Å²) in [6.07, 6.45) is -0.850. The van der Waals surface area contributed by atoms with E-state index in [9.17, 15) is 15.2 Å². The summed E-state index contributed by atoms with van der Waals surface area (Å²) < 4.78 is 10.2. The van der Waals surface area contributed by atoms with Crippen molar-refractivity contribution < 1.29 is 24.6 Å². The lowest BCUT2D eigenvalue weighted by Gasteiger charge is -2.12. The number of aliphatic hydroxyl groups is 2. The van der Waals surface area contributed by atoms with Gasteiger partial charge in [-0.15, -0.1) is 0 Å². The lowest BCUT2D eigenvalue weighted by atomic mass is 10.2. The fourth-order valence-electron chi connectivity index (χ4n) is 1.41. The normalized spacial score (nSPS) is 12.2. The molecule has 1 aromatic carbocycles. The highest BCUT2D eigenvalue weighted by atomic mass is 16.6. The van der Waals surface area contributed by atoms with Crippen molar-refractivity contribution in [3.63, 3.8) is 0 Å². The highest BCUT2D eigenvalue weighted by Gasteiger charge is 2.17. The Balaban J connectivity index is 2.69. The van der Waals surface area contributed by atoms with Crippen LogP contribution in [0.2, 0.25) is 0 Å². The second-order valence-corrected chi connectivity index (χ2v) is 3.84. The number of benzene rings is 1. The topological polar surface area (TPSA) is 102 Å². The Morgan fingerprint density at radius 3 is 2.74 bits per heavy atom. The monoisotopic (exact) mass is 271 g/mol. The van der Waals surface area contributed by atoms with Crippen LogP contribution in [0.15, 0.2) is 18.2 Å². The van der Waals surface area contributed by atoms with Crippen molar-refractivity contribution in [3.05, 3.63) is 33.9 Å². The van der Waals surface area contributed by atoms with Crippen LogP contribution >= 0.6 is 0 Å². The molecule has 7 nitrogen and oxygen atoms in total. The van der Waals surface area contributed by atoms with Crippen LogP contribution in [0.5, 0.6) is 5.75 Å². The molecule has 0 aliphatic heterocycles. The summed E-state index contributed by atoms with van der Waals surface area (Å²) in [4.78, 5) is 10.3. The van der Waals surface area contributed by atoms with Crippen LogP contribution < -0.4 is 4.74 Å². The zero-order valence-corrected chi connectivity index (χ0v) is 10.6. The molecule has 0 amide bonds. The van der Waals surface area contributed by atoms with E-state index in [4.69, 9.17) is 14.6 Å². The van der Waals surface area contributed by atoms with Crippen molar-refractivity contribution in [1.29, 1.82) is 0 Å². The molecule has 19 heavy (non-hydrogen) atoms. The third kappa shape index (κ3) is 4.82. The van der Waals surface area contributed by atoms with E-state index < -0.39 is 11.0 Å². The Morgan fingerprint density at radius 1 is 1.42 bits per heavy atom. The second-order valence-electron chi connectivity index (χ2n) is 3.84. The summed E-state index contributed by atoms with van der Waals surface area (Å²) >= 11 is 0. The molecule has 0 saturated heterocycles. The lowest BCUT2D eigenvalue weighted by molar-refractivity contribution is -0.386. The molecule has 1 unspecified atom stereocenters. The molecule has 0 radical (unpaired) electrons. The van der Waals surface area contributed by atoms with Gasteiger partial charge in [-0.05, 0) is 18.6 Å². The third-order valence-corrected chi connectivity index (χ3v) is 2.35. The maximum atomic E-state index is 10.9. The first-order valence-corrected chi connectivity index (χ1v) is 5.85. The summed E-state index contributed by atoms with van der Waals surface area (Å²) in [6.45, 7) is 2.00. The number of ether oxygens (including phenoxy) is 2. The Morgan fingerprint density at radius 2 is 2.16 bits per heavy atom. The van der Waals surface area contributed by atoms with Crippen LogP contribution in [0.4, 0.5) is 5.69 Å². The molecule has 0 saturated carbocycles. The molecule has 1 rings (SSSR count). The lowest BCUT2D eigenvalue weighted by Crippen LogP contribution is -2.23. The predicted octanol–water partition coefficient (Wildman–Crippen LogP) is 0.863. The Hall–Kier alpha value is -1.70. The van der Waals surface area contributed by atoms with E-state index in [-0.39, 0.29) is 31.3 Å². The number of hydrogen-bond acceptors (Lipinski definition) is 6. The molecule has 106 valence electrons. The van der Waals surface area contributed by atoms with Crippen LogP contribution in [-0.2, 0) is 11.3 Å². The minimum absolute atomic E-state index is 0.0535. The standard InChI is InChI=1S/C12H17NO6/c1-2-18-7-10(15)8-19-12-4-3-9(6-14)5-11(12)13(16)17/h3-5,10,14-15H,2,6-8H2,1H3. The number of nitro groups is 1. The average molecular weight is 271 g/mol. The average Bonchev–Trinajstić information content (AvgIpc) is 2.42. The van der Waals surface area contributed by atoms with E-state index >= 15 is 0 Å². The van der Waals surface area contributed by atoms with E-state index in [1.165, 1.54) is 18.2 Å². The zero-order valence-electron chi connectivity index (χ0n) is 10.6. The number of hydrogen-bond donors (Lipinski definition) is 2. The van der Waals surface area contributed by atoms with Crippen molar-refractivity contribution in [1.82, 2.24) is 0 Å². The molecular weight excluding hydrogens is 254 g/mol. The molecule has 0 aliphatic rings. The van der Waals surface area contributed by atoms with Gasteiger partial charge >= 0.3 is 5.69 Å². The first-order chi connectivity index (χ1) is 9.08. The fraction of sp³-hybridized carbons (Fsp3) is 0.500. The van der Waals surface area contributed by atoms with Crippen molar-refractivity contribution in [3.8, 4) is 5.75 Å². The molecule has 0 fully saturated rings. The van der Waals surface area contributed by atoms with Crippen LogP contribution in [0.3, 0.4) is 0 Å². The maximum absolute atomic E-state index is 10.9. The Bertz CT molecular complexity index is 423. The Kier molecular flexibility index (Phi) is 6.20. The van der Waals surface area contributed by atoms with E-state index in [1.54, 1.807) is 6.92 Å². The maximum Gasteiger partial charge on any atom is 0.311 e. The van der Waals surface area contributed by atoms with E-state index in [1.807, 2.05) is 0 Å². The molecular formula is C12H17NO6. The minimum Gasteiger partial charge on any atom is -0.484 e. The number of aliphatic hydroxyl groups excluding tert-OH is 2. The second kappa shape index (κ2) is 7.67. The SMILES string of the molecule is CCOCC(O)COc1ccc(CO)cc1[N+](=O)[O-]. The quantitative estimate of drug-likeness (QED) is 0.537. The van der Waals surface area contributed by atoms with Gasteiger partial charge in [0.2, 0.25) is 0 Å². The highest BCUT2D eigenvalue weighted by molar-refractivity contribution is 5.48.